The second kappa shape index (κ2) is 6.34. The Morgan fingerprint density at radius 1 is 0.710 bits per heavy atom. The van der Waals surface area contributed by atoms with E-state index >= 15 is 0 Å². The topological polar surface area (TPSA) is 12.0 Å². The van der Waals surface area contributed by atoms with E-state index in [9.17, 15) is 0 Å². The molecule has 0 saturated heterocycles. The molecule has 4 aromatic carbocycles. The van der Waals surface area contributed by atoms with Crippen molar-refractivity contribution in [1.82, 2.24) is 0 Å². The van der Waals surface area contributed by atoms with Crippen LogP contribution in [-0.4, -0.2) is 0 Å². The van der Waals surface area contributed by atoms with Gasteiger partial charge in [-0.05, 0) is 75.2 Å². The van der Waals surface area contributed by atoms with Crippen molar-refractivity contribution in [3.8, 4) is 22.3 Å². The van der Waals surface area contributed by atoms with Crippen LogP contribution in [-0.2, 0) is 5.41 Å². The Bertz CT molecular complexity index is 1360. The Kier molecular flexibility index (Phi) is 3.77. The third kappa shape index (κ3) is 2.50. The van der Waals surface area contributed by atoms with Gasteiger partial charge >= 0.3 is 0 Å². The highest BCUT2D eigenvalue weighted by Crippen LogP contribution is 2.50. The number of fused-ring (bicyclic) bond motifs is 6. The Balaban J connectivity index is 1.40. The zero-order chi connectivity index (χ0) is 21.3. The van der Waals surface area contributed by atoms with Crippen LogP contribution >= 0.6 is 0 Å². The number of benzene rings is 4. The summed E-state index contributed by atoms with van der Waals surface area (Å²) in [6.45, 7) is 9.26. The zero-order valence-electron chi connectivity index (χ0n) is 18.6. The van der Waals surface area contributed by atoms with Gasteiger partial charge in [-0.1, -0.05) is 81.4 Å². The average molecular weight is 402 g/mol. The molecule has 0 fully saturated rings. The summed E-state index contributed by atoms with van der Waals surface area (Å²) in [4.78, 5) is 0. The minimum atomic E-state index is 0.0206. The Morgan fingerprint density at radius 2 is 1.39 bits per heavy atom. The van der Waals surface area contributed by atoms with Crippen LogP contribution in [0.15, 0.2) is 78.9 Å². The summed E-state index contributed by atoms with van der Waals surface area (Å²) in [5.74, 6) is 0.432. The molecule has 1 N–H and O–H groups in total. The summed E-state index contributed by atoms with van der Waals surface area (Å²) in [6.07, 6.45) is 0. The van der Waals surface area contributed by atoms with Crippen LogP contribution in [0.25, 0.3) is 22.3 Å². The molecule has 2 aliphatic carbocycles. The van der Waals surface area contributed by atoms with Crippen molar-refractivity contribution in [2.75, 3.05) is 5.32 Å². The predicted octanol–water partition coefficient (Wildman–Crippen LogP) is 8.18. The van der Waals surface area contributed by atoms with Gasteiger partial charge in [-0.3, -0.25) is 0 Å². The predicted molar refractivity (Wildman–Crippen MR) is 131 cm³/mol. The van der Waals surface area contributed by atoms with Gasteiger partial charge < -0.3 is 5.32 Å². The van der Waals surface area contributed by atoms with Crippen LogP contribution in [0.3, 0.4) is 0 Å². The number of rotatable bonds is 2. The van der Waals surface area contributed by atoms with Crippen molar-refractivity contribution in [3.63, 3.8) is 0 Å². The molecule has 2 aliphatic rings. The summed E-state index contributed by atoms with van der Waals surface area (Å²) < 4.78 is 0. The van der Waals surface area contributed by atoms with Gasteiger partial charge in [0.25, 0.3) is 0 Å². The van der Waals surface area contributed by atoms with Crippen LogP contribution in [0.1, 0.15) is 54.5 Å². The van der Waals surface area contributed by atoms with E-state index in [0.29, 0.717) is 5.92 Å². The van der Waals surface area contributed by atoms with E-state index in [1.807, 2.05) is 0 Å². The molecule has 0 amide bonds. The summed E-state index contributed by atoms with van der Waals surface area (Å²) in [5.41, 5.74) is 15.0. The van der Waals surface area contributed by atoms with Gasteiger partial charge in [0.2, 0.25) is 0 Å². The van der Waals surface area contributed by atoms with E-state index in [1.165, 1.54) is 55.8 Å². The first kappa shape index (κ1) is 18.4. The fourth-order valence-corrected chi connectivity index (χ4v) is 5.87. The largest absolute Gasteiger partial charge is 0.355 e. The fraction of sp³-hybridized carbons (Fsp3) is 0.200. The Hall–Kier alpha value is -3.32. The standard InChI is InChI=1S/C30H27N/c1-18-21-9-5-6-10-22(21)25-15-16-28(19(2)29(18)25)31-20-13-14-24-23-11-7-8-12-26(23)30(3,4)27(24)17-20/h5-18,31H,1-4H3. The lowest BCUT2D eigenvalue weighted by molar-refractivity contribution is 0.660. The Labute approximate surface area is 184 Å². The van der Waals surface area contributed by atoms with Gasteiger partial charge in [0.15, 0.2) is 0 Å². The van der Waals surface area contributed by atoms with Crippen LogP contribution in [0.2, 0.25) is 0 Å². The van der Waals surface area contributed by atoms with Crippen LogP contribution in [0, 0.1) is 6.92 Å². The minimum Gasteiger partial charge on any atom is -0.355 e. The van der Waals surface area contributed by atoms with Crippen molar-refractivity contribution in [2.24, 2.45) is 0 Å². The van der Waals surface area contributed by atoms with Crippen LogP contribution in [0.4, 0.5) is 11.4 Å². The maximum Gasteiger partial charge on any atom is 0.0417 e. The molecule has 4 aromatic rings. The SMILES string of the molecule is Cc1c(Nc2ccc3c(c2)C(C)(C)c2ccccc2-3)ccc2c1C(C)c1ccccc1-2. The van der Waals surface area contributed by atoms with E-state index in [1.54, 1.807) is 0 Å². The van der Waals surface area contributed by atoms with E-state index < -0.39 is 0 Å². The van der Waals surface area contributed by atoms with Crippen molar-refractivity contribution in [2.45, 2.75) is 39.0 Å². The highest BCUT2D eigenvalue weighted by atomic mass is 14.9. The molecular weight excluding hydrogens is 374 g/mol. The van der Waals surface area contributed by atoms with Gasteiger partial charge in [0.1, 0.15) is 0 Å². The van der Waals surface area contributed by atoms with Gasteiger partial charge in [-0.15, -0.1) is 0 Å². The zero-order valence-corrected chi connectivity index (χ0v) is 18.6. The van der Waals surface area contributed by atoms with Crippen molar-refractivity contribution in [3.05, 3.63) is 107 Å². The number of hydrogen-bond acceptors (Lipinski definition) is 1. The number of nitrogens with one attached hydrogen (secondary N) is 1. The maximum absolute atomic E-state index is 3.74. The van der Waals surface area contributed by atoms with Gasteiger partial charge in [-0.2, -0.15) is 0 Å². The molecule has 0 radical (unpaired) electrons. The van der Waals surface area contributed by atoms with E-state index in [2.05, 4.69) is 112 Å². The highest BCUT2D eigenvalue weighted by molar-refractivity contribution is 5.85. The third-order valence-corrected chi connectivity index (χ3v) is 7.53. The first-order chi connectivity index (χ1) is 15.0. The number of anilines is 2. The molecule has 152 valence electrons. The van der Waals surface area contributed by atoms with E-state index in [0.717, 1.165) is 5.69 Å². The van der Waals surface area contributed by atoms with Gasteiger partial charge in [0.05, 0.1) is 0 Å². The first-order valence-electron chi connectivity index (χ1n) is 11.2. The molecule has 0 aliphatic heterocycles. The van der Waals surface area contributed by atoms with E-state index in [4.69, 9.17) is 0 Å². The van der Waals surface area contributed by atoms with Gasteiger partial charge in [-0.25, -0.2) is 0 Å². The lowest BCUT2D eigenvalue weighted by atomic mass is 9.82. The fourth-order valence-electron chi connectivity index (χ4n) is 5.87. The molecule has 0 spiro atoms. The quantitative estimate of drug-likeness (QED) is 0.357. The van der Waals surface area contributed by atoms with Gasteiger partial charge in [0, 0.05) is 22.7 Å². The molecule has 1 atom stereocenters. The van der Waals surface area contributed by atoms with Crippen molar-refractivity contribution < 1.29 is 0 Å². The number of hydrogen-bond donors (Lipinski definition) is 1. The second-order valence-electron chi connectivity index (χ2n) is 9.56. The maximum atomic E-state index is 3.74. The van der Waals surface area contributed by atoms with E-state index in [-0.39, 0.29) is 5.41 Å². The summed E-state index contributed by atoms with van der Waals surface area (Å²) >= 11 is 0. The second-order valence-corrected chi connectivity index (χ2v) is 9.56. The summed E-state index contributed by atoms with van der Waals surface area (Å²) in [6, 6.07) is 29.0. The van der Waals surface area contributed by atoms with Crippen molar-refractivity contribution in [1.29, 1.82) is 0 Å². The minimum absolute atomic E-state index is 0.0206. The molecule has 0 heterocycles. The highest BCUT2D eigenvalue weighted by Gasteiger charge is 2.35. The lowest BCUT2D eigenvalue weighted by Gasteiger charge is -2.22. The molecule has 0 bridgehead atoms. The van der Waals surface area contributed by atoms with Crippen molar-refractivity contribution >= 4 is 11.4 Å². The molecule has 1 unspecified atom stereocenters. The third-order valence-electron chi connectivity index (χ3n) is 7.53. The summed E-state index contributed by atoms with van der Waals surface area (Å²) in [7, 11) is 0. The first-order valence-corrected chi connectivity index (χ1v) is 11.2. The Morgan fingerprint density at radius 3 is 2.23 bits per heavy atom. The molecule has 0 aromatic heterocycles. The molecule has 0 saturated carbocycles. The molecule has 1 heteroatoms. The molecule has 1 nitrogen and oxygen atoms in total. The normalized spacial score (nSPS) is 17.0. The van der Waals surface area contributed by atoms with Crippen LogP contribution < -0.4 is 5.32 Å². The lowest BCUT2D eigenvalue weighted by Crippen LogP contribution is -2.15. The van der Waals surface area contributed by atoms with Crippen LogP contribution in [0.5, 0.6) is 0 Å². The summed E-state index contributed by atoms with van der Waals surface area (Å²) in [5, 5.41) is 3.74. The molecular formula is C30H27N. The molecule has 31 heavy (non-hydrogen) atoms. The smallest absolute Gasteiger partial charge is 0.0417 e. The average Bonchev–Trinajstić information content (AvgIpc) is 3.20. The molecule has 6 rings (SSSR count). The monoisotopic (exact) mass is 401 g/mol.